The van der Waals surface area contributed by atoms with Crippen LogP contribution in [-0.4, -0.2) is 86.3 Å². The number of benzene rings is 2. The maximum absolute atomic E-state index is 15.8. The second kappa shape index (κ2) is 16.7. The first-order valence-electron chi connectivity index (χ1n) is 19.8. The van der Waals surface area contributed by atoms with Gasteiger partial charge < -0.3 is 20.0 Å². The molecular weight excluding hydrogens is 804 g/mol. The lowest BCUT2D eigenvalue weighted by atomic mass is 9.55. The normalized spacial score (nSPS) is 15.8. The minimum atomic E-state index is -4.57. The van der Waals surface area contributed by atoms with E-state index in [1.807, 2.05) is 12.1 Å². The monoisotopic (exact) mass is 848 g/mol. The summed E-state index contributed by atoms with van der Waals surface area (Å²) in [6.45, 7) is 7.18. The number of halogens is 5. The Kier molecular flexibility index (Phi) is 11.8. The van der Waals surface area contributed by atoms with Crippen LogP contribution in [0.2, 0.25) is 0 Å². The number of aryl methyl sites for hydroxylation is 1. The number of rotatable bonds is 14. The van der Waals surface area contributed by atoms with Crippen LogP contribution in [-0.2, 0) is 16.8 Å². The molecule has 61 heavy (non-hydrogen) atoms. The molecule has 14 nitrogen and oxygen atoms in total. The molecule has 2 aliphatic rings. The van der Waals surface area contributed by atoms with Gasteiger partial charge in [0.25, 0.3) is 5.91 Å². The van der Waals surface area contributed by atoms with Gasteiger partial charge in [-0.25, -0.2) is 28.5 Å². The Morgan fingerprint density at radius 2 is 1.82 bits per heavy atom. The molecule has 3 aromatic heterocycles. The summed E-state index contributed by atoms with van der Waals surface area (Å²) in [5, 5.41) is 14.9. The number of hydrogen-bond acceptors (Lipinski definition) is 10. The third-order valence-electron chi connectivity index (χ3n) is 11.8. The molecule has 19 heteroatoms. The molecule has 1 aliphatic heterocycles. The first kappa shape index (κ1) is 43.0. The van der Waals surface area contributed by atoms with Gasteiger partial charge in [0.05, 0.1) is 12.2 Å². The van der Waals surface area contributed by atoms with Gasteiger partial charge in [0.15, 0.2) is 17.3 Å². The molecule has 322 valence electrons. The average Bonchev–Trinajstić information content (AvgIpc) is 3.89. The minimum Gasteiger partial charge on any atom is -0.350 e. The number of H-pyrrole nitrogens is 1. The Morgan fingerprint density at radius 1 is 1.07 bits per heavy atom. The van der Waals surface area contributed by atoms with Crippen molar-refractivity contribution in [3.05, 3.63) is 94.5 Å². The fourth-order valence-corrected chi connectivity index (χ4v) is 8.20. The quantitative estimate of drug-likeness (QED) is 0.0758. The maximum Gasteiger partial charge on any atom is 0.401 e. The van der Waals surface area contributed by atoms with Gasteiger partial charge in [0.2, 0.25) is 5.76 Å². The summed E-state index contributed by atoms with van der Waals surface area (Å²) in [5.41, 5.74) is 1.06. The second-order valence-corrected chi connectivity index (χ2v) is 16.2. The molecule has 0 radical (unpaired) electrons. The number of anilines is 1. The lowest BCUT2D eigenvalue weighted by Gasteiger charge is -2.61. The zero-order valence-electron chi connectivity index (χ0n) is 34.2. The third kappa shape index (κ3) is 8.47. The molecule has 1 unspecified atom stereocenters. The van der Waals surface area contributed by atoms with Gasteiger partial charge in [0, 0.05) is 68.2 Å². The van der Waals surface area contributed by atoms with Crippen LogP contribution in [0.4, 0.5) is 32.4 Å². The summed E-state index contributed by atoms with van der Waals surface area (Å²) in [4.78, 5) is 52.2. The van der Waals surface area contributed by atoms with Crippen molar-refractivity contribution in [1.82, 2.24) is 45.8 Å². The number of aromatic nitrogens is 6. The molecule has 7 rings (SSSR count). The fraction of sp³-hybridized carbons (Fsp3) is 0.429. The molecule has 1 atom stereocenters. The van der Waals surface area contributed by atoms with Gasteiger partial charge in [-0.3, -0.25) is 19.7 Å². The highest BCUT2D eigenvalue weighted by atomic mass is 19.4. The van der Waals surface area contributed by atoms with Crippen LogP contribution in [0.15, 0.2) is 53.2 Å². The Balaban J connectivity index is 0.944. The molecule has 5 aromatic rings. The number of nitrogens with one attached hydrogen (secondary N) is 3. The third-order valence-corrected chi connectivity index (χ3v) is 11.8. The van der Waals surface area contributed by atoms with Crippen LogP contribution in [0.5, 0.6) is 0 Å². The molecule has 1 spiro atoms. The van der Waals surface area contributed by atoms with E-state index >= 15 is 8.78 Å². The molecule has 3 N–H and O–H groups in total. The number of carbonyl (C=O) groups excluding carboxylic acids is 3. The summed E-state index contributed by atoms with van der Waals surface area (Å²) in [6.07, 6.45) is 0.249. The Bertz CT molecular complexity index is 2440. The summed E-state index contributed by atoms with van der Waals surface area (Å²) in [6, 6.07) is 10.9. The SMILES string of the molecule is CCC(c1ccc(-c2cnc(-c3cc(C(=O)NCc4nc(C(C)(C)C(F)(F)F)n[nH]4)on3)nc2C)c(F)c1)N1CC2(CC(c3ccc(N(CCC=O)C(=O)NC)c(F)c3)C2)C1. The summed E-state index contributed by atoms with van der Waals surface area (Å²) in [5.74, 6) is -1.98. The van der Waals surface area contributed by atoms with Crippen molar-refractivity contribution in [3.8, 4) is 22.6 Å². The highest BCUT2D eigenvalue weighted by Gasteiger charge is 2.54. The Labute approximate surface area is 347 Å². The van der Waals surface area contributed by atoms with Gasteiger partial charge in [0.1, 0.15) is 29.2 Å². The zero-order chi connectivity index (χ0) is 43.9. The maximum atomic E-state index is 15.8. The molecular formula is C42H45F5N10O4. The number of hydrogen-bond donors (Lipinski definition) is 3. The molecule has 4 heterocycles. The first-order chi connectivity index (χ1) is 29.0. The number of carbonyl (C=O) groups is 3. The Hall–Kier alpha value is -6.11. The van der Waals surface area contributed by atoms with Gasteiger partial charge in [-0.2, -0.15) is 18.3 Å². The van der Waals surface area contributed by atoms with Crippen LogP contribution in [0.3, 0.4) is 0 Å². The summed E-state index contributed by atoms with van der Waals surface area (Å²) >= 11 is 0. The highest BCUT2D eigenvalue weighted by molar-refractivity contribution is 5.92. The van der Waals surface area contributed by atoms with Crippen molar-refractivity contribution in [2.45, 2.75) is 83.5 Å². The van der Waals surface area contributed by atoms with E-state index in [2.05, 4.69) is 52.8 Å². The predicted molar refractivity (Wildman–Crippen MR) is 212 cm³/mol. The molecule has 3 amide bonds. The van der Waals surface area contributed by atoms with Gasteiger partial charge in [-0.15, -0.1) is 0 Å². The van der Waals surface area contributed by atoms with E-state index in [0.29, 0.717) is 23.1 Å². The van der Waals surface area contributed by atoms with E-state index in [1.54, 1.807) is 25.1 Å². The van der Waals surface area contributed by atoms with Crippen molar-refractivity contribution in [3.63, 3.8) is 0 Å². The largest absolute Gasteiger partial charge is 0.401 e. The fourth-order valence-electron chi connectivity index (χ4n) is 8.20. The average molecular weight is 849 g/mol. The Morgan fingerprint density at radius 3 is 2.46 bits per heavy atom. The molecule has 1 saturated carbocycles. The first-order valence-corrected chi connectivity index (χ1v) is 19.8. The van der Waals surface area contributed by atoms with E-state index in [1.165, 1.54) is 30.3 Å². The molecule has 1 aliphatic carbocycles. The van der Waals surface area contributed by atoms with Crippen LogP contribution < -0.4 is 15.5 Å². The zero-order valence-corrected chi connectivity index (χ0v) is 34.2. The van der Waals surface area contributed by atoms with Crippen LogP contribution >= 0.6 is 0 Å². The number of aromatic amines is 1. The van der Waals surface area contributed by atoms with E-state index in [0.717, 1.165) is 57.3 Å². The minimum absolute atomic E-state index is 0.0000484. The predicted octanol–water partition coefficient (Wildman–Crippen LogP) is 7.34. The van der Waals surface area contributed by atoms with E-state index in [4.69, 9.17) is 4.52 Å². The van der Waals surface area contributed by atoms with Gasteiger partial charge in [-0.05, 0) is 80.7 Å². The lowest BCUT2D eigenvalue weighted by molar-refractivity contribution is -0.182. The van der Waals surface area contributed by atoms with E-state index in [-0.39, 0.29) is 65.7 Å². The van der Waals surface area contributed by atoms with Crippen LogP contribution in [0, 0.1) is 24.0 Å². The number of aldehydes is 1. The second-order valence-electron chi connectivity index (χ2n) is 16.2. The van der Waals surface area contributed by atoms with E-state index < -0.39 is 41.0 Å². The summed E-state index contributed by atoms with van der Waals surface area (Å²) < 4.78 is 76.3. The number of amides is 3. The van der Waals surface area contributed by atoms with E-state index in [9.17, 15) is 27.6 Å². The van der Waals surface area contributed by atoms with Crippen LogP contribution in [0.25, 0.3) is 22.6 Å². The standard InChI is InChI=1S/C42H45F5N10O4/c1-6-32(56-21-41(22-56)17-26(18-41)24-9-11-33(30(44)14-24)57(12-7-13-58)39(60)48-5)25-8-10-27(29(43)15-25)28-19-49-36(51-23(28)2)31-16-34(61-55-31)37(59)50-20-35-52-38(54-53-35)40(3,4)42(45,46)47/h8-11,13-16,19,26,32H,6-7,12,17-18,20-22H2,1-5H3,(H,48,60)(H,50,59)(H,52,53,54). The highest BCUT2D eigenvalue weighted by Crippen LogP contribution is 2.58. The lowest BCUT2D eigenvalue weighted by Crippen LogP contribution is -2.62. The number of urea groups is 1. The van der Waals surface area contributed by atoms with Crippen LogP contribution in [0.1, 0.15) is 97.4 Å². The summed E-state index contributed by atoms with van der Waals surface area (Å²) in [7, 11) is 1.46. The van der Waals surface area contributed by atoms with Crippen molar-refractivity contribution in [2.75, 3.05) is 31.6 Å². The molecule has 2 fully saturated rings. The van der Waals surface area contributed by atoms with Crippen molar-refractivity contribution < 1.29 is 40.9 Å². The molecule has 1 saturated heterocycles. The smallest absolute Gasteiger partial charge is 0.350 e. The van der Waals surface area contributed by atoms with Crippen molar-refractivity contribution >= 4 is 23.9 Å². The number of nitrogens with zero attached hydrogens (tertiary/aromatic N) is 7. The van der Waals surface area contributed by atoms with Gasteiger partial charge in [-0.1, -0.05) is 30.3 Å². The molecule has 2 aromatic carbocycles. The molecule has 0 bridgehead atoms. The van der Waals surface area contributed by atoms with Crippen molar-refractivity contribution in [2.24, 2.45) is 5.41 Å². The van der Waals surface area contributed by atoms with Crippen molar-refractivity contribution in [1.29, 1.82) is 0 Å². The number of likely N-dealkylation sites (tertiary alicyclic amines) is 1. The van der Waals surface area contributed by atoms with Gasteiger partial charge >= 0.3 is 12.2 Å². The topological polar surface area (TPSA) is 175 Å². The number of alkyl halides is 3.